The second kappa shape index (κ2) is 7.68. The van der Waals surface area contributed by atoms with Crippen LogP contribution in [-0.2, 0) is 0 Å². The second-order valence-electron chi connectivity index (χ2n) is 5.13. The minimum absolute atomic E-state index is 0. The molecule has 2 heteroatoms. The van der Waals surface area contributed by atoms with Gasteiger partial charge in [0.15, 0.2) is 0 Å². The summed E-state index contributed by atoms with van der Waals surface area (Å²) in [4.78, 5) is 0. The summed E-state index contributed by atoms with van der Waals surface area (Å²) in [5.41, 5.74) is 0. The van der Waals surface area contributed by atoms with Crippen LogP contribution in [0.25, 0.3) is 0 Å². The van der Waals surface area contributed by atoms with Crippen molar-refractivity contribution < 1.29 is 0 Å². The highest BCUT2D eigenvalue weighted by Crippen LogP contribution is 2.54. The lowest BCUT2D eigenvalue weighted by Gasteiger charge is -2.26. The van der Waals surface area contributed by atoms with Crippen LogP contribution < -0.4 is 15.9 Å². The van der Waals surface area contributed by atoms with E-state index in [1.165, 1.54) is 15.9 Å². The van der Waals surface area contributed by atoms with Crippen molar-refractivity contribution in [2.45, 2.75) is 6.92 Å². The lowest BCUT2D eigenvalue weighted by Crippen LogP contribution is -2.32. The van der Waals surface area contributed by atoms with E-state index in [0.29, 0.717) is 0 Å². The molecule has 0 bridgehead atoms. The van der Waals surface area contributed by atoms with Crippen molar-refractivity contribution in [1.82, 2.24) is 0 Å². The van der Waals surface area contributed by atoms with Crippen molar-refractivity contribution >= 4 is 33.1 Å². The zero-order valence-electron chi connectivity index (χ0n) is 13.0. The first-order valence-electron chi connectivity index (χ1n) is 7.43. The number of benzene rings is 3. The van der Waals surface area contributed by atoms with Crippen LogP contribution in [0.15, 0.2) is 91.0 Å². The second-order valence-corrected chi connectivity index (χ2v) is 8.93. The Hall–Kier alpha value is -1.48. The molecule has 0 radical (unpaired) electrons. The van der Waals surface area contributed by atoms with Gasteiger partial charge in [-0.05, 0) is 43.3 Å². The minimum atomic E-state index is -1.53. The molecule has 0 heterocycles. The van der Waals surface area contributed by atoms with Gasteiger partial charge in [0.25, 0.3) is 0 Å². The summed E-state index contributed by atoms with van der Waals surface area (Å²) in [7, 11) is -1.53. The van der Waals surface area contributed by atoms with E-state index in [2.05, 4.69) is 97.9 Å². The minimum Gasteiger partial charge on any atom is -0.153 e. The largest absolute Gasteiger partial charge is 0.153 e. The highest BCUT2D eigenvalue weighted by molar-refractivity contribution is 7.95. The average molecular weight is 325 g/mol. The van der Waals surface area contributed by atoms with Crippen LogP contribution in [0.4, 0.5) is 0 Å². The van der Waals surface area contributed by atoms with E-state index in [9.17, 15) is 0 Å². The molecule has 3 rings (SSSR count). The fourth-order valence-electron chi connectivity index (χ4n) is 3.04. The molecule has 0 nitrogen and oxygen atoms in total. The summed E-state index contributed by atoms with van der Waals surface area (Å²) < 4.78 is 0. The van der Waals surface area contributed by atoms with E-state index < -0.39 is 7.26 Å². The monoisotopic (exact) mass is 325 g/mol. The van der Waals surface area contributed by atoms with Crippen molar-refractivity contribution in [2.75, 3.05) is 6.16 Å². The van der Waals surface area contributed by atoms with Crippen LogP contribution in [0.3, 0.4) is 0 Å². The molecule has 0 aliphatic rings. The smallest absolute Gasteiger partial charge is 0.111 e. The average Bonchev–Trinajstić information content (AvgIpc) is 2.59. The summed E-state index contributed by atoms with van der Waals surface area (Å²) >= 11 is 0. The Morgan fingerprint density at radius 1 is 0.545 bits per heavy atom. The molecule has 0 fully saturated rings. The number of hydrogen-bond donors (Lipinski definition) is 0. The molecule has 0 saturated heterocycles. The van der Waals surface area contributed by atoms with Crippen molar-refractivity contribution in [1.29, 1.82) is 0 Å². The Labute approximate surface area is 137 Å². The molecule has 0 spiro atoms. The van der Waals surface area contributed by atoms with Gasteiger partial charge in [0.05, 0.1) is 6.16 Å². The van der Waals surface area contributed by atoms with Crippen LogP contribution in [-0.4, -0.2) is 6.16 Å². The standard InChI is InChI=1S/C20H20P.H3P/c1-2-21(18-12-6-3-7-13-18,19-14-8-4-9-15-19)20-16-10-5-11-17-20;/h3-17H,2H2,1H3;1H3/q+1;. The first kappa shape index (κ1) is 16.9. The molecule has 0 aliphatic heterocycles. The summed E-state index contributed by atoms with van der Waals surface area (Å²) in [6.45, 7) is 2.32. The third-order valence-corrected chi connectivity index (χ3v) is 8.55. The van der Waals surface area contributed by atoms with Crippen molar-refractivity contribution in [2.24, 2.45) is 0 Å². The van der Waals surface area contributed by atoms with Crippen LogP contribution in [0, 0.1) is 0 Å². The van der Waals surface area contributed by atoms with Gasteiger partial charge in [-0.1, -0.05) is 54.6 Å². The van der Waals surface area contributed by atoms with Crippen LogP contribution >= 0.6 is 17.2 Å². The van der Waals surface area contributed by atoms with E-state index in [1.807, 2.05) is 0 Å². The van der Waals surface area contributed by atoms with Gasteiger partial charge >= 0.3 is 0 Å². The lowest BCUT2D eigenvalue weighted by molar-refractivity contribution is 1.48. The van der Waals surface area contributed by atoms with Crippen molar-refractivity contribution in [3.63, 3.8) is 0 Å². The Kier molecular flexibility index (Phi) is 5.90. The fourth-order valence-corrected chi connectivity index (χ4v) is 7.08. The zero-order valence-corrected chi connectivity index (χ0v) is 15.3. The van der Waals surface area contributed by atoms with Gasteiger partial charge in [0, 0.05) is 0 Å². The van der Waals surface area contributed by atoms with Gasteiger partial charge in [-0.15, -0.1) is 0 Å². The molecule has 1 atom stereocenters. The maximum absolute atomic E-state index is 2.32. The Morgan fingerprint density at radius 3 is 1.05 bits per heavy atom. The predicted octanol–water partition coefficient (Wildman–Crippen LogP) is 4.06. The van der Waals surface area contributed by atoms with Crippen molar-refractivity contribution in [3.05, 3.63) is 91.0 Å². The highest BCUT2D eigenvalue weighted by Gasteiger charge is 2.43. The molecule has 0 N–H and O–H groups in total. The normalized spacial score (nSPS) is 10.8. The summed E-state index contributed by atoms with van der Waals surface area (Å²) in [6, 6.07) is 33.0. The van der Waals surface area contributed by atoms with E-state index in [0.717, 1.165) is 6.16 Å². The molecule has 22 heavy (non-hydrogen) atoms. The molecule has 112 valence electrons. The SMILES string of the molecule is CC[P+](c1ccccc1)(c1ccccc1)c1ccccc1.P. The molecule has 3 aromatic rings. The van der Waals surface area contributed by atoms with E-state index in [1.54, 1.807) is 0 Å². The maximum atomic E-state index is 2.32. The topological polar surface area (TPSA) is 0 Å². The lowest BCUT2D eigenvalue weighted by atomic mass is 10.4. The Morgan fingerprint density at radius 2 is 0.818 bits per heavy atom. The van der Waals surface area contributed by atoms with Gasteiger partial charge in [0.2, 0.25) is 0 Å². The van der Waals surface area contributed by atoms with E-state index in [-0.39, 0.29) is 9.90 Å². The predicted molar refractivity (Wildman–Crippen MR) is 107 cm³/mol. The van der Waals surface area contributed by atoms with Gasteiger partial charge < -0.3 is 0 Å². The molecule has 0 saturated carbocycles. The third-order valence-electron chi connectivity index (χ3n) is 4.07. The Balaban J connectivity index is 0.00000176. The number of rotatable bonds is 4. The molecule has 1 unspecified atom stereocenters. The van der Waals surface area contributed by atoms with E-state index >= 15 is 0 Å². The summed E-state index contributed by atoms with van der Waals surface area (Å²) in [5.74, 6) is 0. The van der Waals surface area contributed by atoms with Crippen molar-refractivity contribution in [3.8, 4) is 0 Å². The molecular weight excluding hydrogens is 302 g/mol. The molecule has 0 aromatic heterocycles. The first-order chi connectivity index (χ1) is 10.4. The van der Waals surface area contributed by atoms with E-state index in [4.69, 9.17) is 0 Å². The Bertz CT molecular complexity index is 582. The maximum Gasteiger partial charge on any atom is 0.111 e. The zero-order chi connectivity index (χ0) is 14.5. The molecule has 3 aromatic carbocycles. The molecule has 0 amide bonds. The van der Waals surface area contributed by atoms with Crippen LogP contribution in [0.1, 0.15) is 6.92 Å². The molecular formula is C20H23P2+. The van der Waals surface area contributed by atoms with Gasteiger partial charge in [-0.2, -0.15) is 9.90 Å². The van der Waals surface area contributed by atoms with Gasteiger partial charge in [-0.25, -0.2) is 0 Å². The summed E-state index contributed by atoms with van der Waals surface area (Å²) in [6.07, 6.45) is 1.14. The van der Waals surface area contributed by atoms with Crippen LogP contribution in [0.2, 0.25) is 0 Å². The summed E-state index contributed by atoms with van der Waals surface area (Å²) in [5, 5.41) is 4.39. The third kappa shape index (κ3) is 3.00. The van der Waals surface area contributed by atoms with Crippen LogP contribution in [0.5, 0.6) is 0 Å². The first-order valence-corrected chi connectivity index (χ1v) is 9.40. The van der Waals surface area contributed by atoms with Gasteiger partial charge in [0.1, 0.15) is 23.2 Å². The number of hydrogen-bond acceptors (Lipinski definition) is 0. The van der Waals surface area contributed by atoms with Gasteiger partial charge in [-0.3, -0.25) is 0 Å². The molecule has 0 aliphatic carbocycles. The highest BCUT2D eigenvalue weighted by atomic mass is 31.2. The quantitative estimate of drug-likeness (QED) is 0.635. The fraction of sp³-hybridized carbons (Fsp3) is 0.100.